The van der Waals surface area contributed by atoms with Crippen LogP contribution < -0.4 is 4.90 Å². The standard InChI is InChI=1S/C18H18ClNO3/c1-20(2)15-6-3-12(4-7-15)5-8-17(22)16-10-14(19)9-13(11-21)18(16)23/h3-10,21,23H,11H2,1-2H3/b8-5+. The third-order valence-corrected chi connectivity index (χ3v) is 3.64. The molecule has 0 saturated heterocycles. The van der Waals surface area contributed by atoms with Gasteiger partial charge in [0.1, 0.15) is 5.75 Å². The second-order valence-electron chi connectivity index (χ2n) is 5.30. The Morgan fingerprint density at radius 1 is 1.22 bits per heavy atom. The van der Waals surface area contributed by atoms with Gasteiger partial charge in [0.05, 0.1) is 12.2 Å². The summed E-state index contributed by atoms with van der Waals surface area (Å²) in [6.45, 7) is -0.387. The van der Waals surface area contributed by atoms with Crippen LogP contribution in [0, 0.1) is 0 Å². The van der Waals surface area contributed by atoms with Gasteiger partial charge in [0, 0.05) is 30.4 Å². The summed E-state index contributed by atoms with van der Waals surface area (Å²) in [6, 6.07) is 10.5. The molecule has 0 saturated carbocycles. The predicted molar refractivity (Wildman–Crippen MR) is 93.2 cm³/mol. The quantitative estimate of drug-likeness (QED) is 0.650. The molecule has 2 rings (SSSR count). The molecule has 0 aliphatic carbocycles. The lowest BCUT2D eigenvalue weighted by atomic mass is 10.0. The van der Waals surface area contributed by atoms with Crippen LogP contribution in [-0.2, 0) is 6.61 Å². The number of benzene rings is 2. The van der Waals surface area contributed by atoms with Crippen molar-refractivity contribution in [2.45, 2.75) is 6.61 Å². The molecule has 2 N–H and O–H groups in total. The lowest BCUT2D eigenvalue weighted by molar-refractivity contribution is 0.104. The largest absolute Gasteiger partial charge is 0.507 e. The van der Waals surface area contributed by atoms with Gasteiger partial charge in [-0.2, -0.15) is 0 Å². The van der Waals surface area contributed by atoms with E-state index >= 15 is 0 Å². The molecular formula is C18H18ClNO3. The molecule has 0 aliphatic heterocycles. The summed E-state index contributed by atoms with van der Waals surface area (Å²) in [6.07, 6.45) is 3.04. The summed E-state index contributed by atoms with van der Waals surface area (Å²) < 4.78 is 0. The number of hydrogen-bond donors (Lipinski definition) is 2. The number of allylic oxidation sites excluding steroid dienone is 1. The number of hydrogen-bond acceptors (Lipinski definition) is 4. The molecule has 0 heterocycles. The highest BCUT2D eigenvalue weighted by Gasteiger charge is 2.13. The molecule has 2 aromatic rings. The highest BCUT2D eigenvalue weighted by Crippen LogP contribution is 2.28. The van der Waals surface area contributed by atoms with E-state index in [-0.39, 0.29) is 29.3 Å². The summed E-state index contributed by atoms with van der Waals surface area (Å²) in [5, 5.41) is 19.5. The van der Waals surface area contributed by atoms with Crippen molar-refractivity contribution in [1.29, 1.82) is 0 Å². The van der Waals surface area contributed by atoms with Gasteiger partial charge in [-0.15, -0.1) is 0 Å². The zero-order valence-electron chi connectivity index (χ0n) is 13.0. The van der Waals surface area contributed by atoms with E-state index in [2.05, 4.69) is 0 Å². The van der Waals surface area contributed by atoms with Gasteiger partial charge in [-0.05, 0) is 35.9 Å². The number of phenols is 1. The van der Waals surface area contributed by atoms with E-state index in [0.717, 1.165) is 11.3 Å². The van der Waals surface area contributed by atoms with Crippen molar-refractivity contribution in [3.8, 4) is 5.75 Å². The monoisotopic (exact) mass is 331 g/mol. The number of aliphatic hydroxyl groups is 1. The summed E-state index contributed by atoms with van der Waals surface area (Å²) in [4.78, 5) is 14.2. The van der Waals surface area contributed by atoms with Gasteiger partial charge < -0.3 is 15.1 Å². The van der Waals surface area contributed by atoms with Crippen LogP contribution in [0.5, 0.6) is 5.75 Å². The fourth-order valence-corrected chi connectivity index (χ4v) is 2.35. The lowest BCUT2D eigenvalue weighted by Crippen LogP contribution is -2.07. The first-order valence-corrected chi connectivity index (χ1v) is 7.42. The number of halogens is 1. The Bertz CT molecular complexity index is 737. The molecule has 0 atom stereocenters. The van der Waals surface area contributed by atoms with E-state index in [9.17, 15) is 15.0 Å². The average Bonchev–Trinajstić information content (AvgIpc) is 2.54. The molecule has 0 aliphatic rings. The fourth-order valence-electron chi connectivity index (χ4n) is 2.11. The second kappa shape index (κ2) is 7.31. The zero-order valence-corrected chi connectivity index (χ0v) is 13.7. The van der Waals surface area contributed by atoms with Crippen molar-refractivity contribution < 1.29 is 15.0 Å². The van der Waals surface area contributed by atoms with Crippen molar-refractivity contribution >= 4 is 29.1 Å². The Balaban J connectivity index is 2.23. The topological polar surface area (TPSA) is 60.8 Å². The highest BCUT2D eigenvalue weighted by atomic mass is 35.5. The Kier molecular flexibility index (Phi) is 5.42. The maximum absolute atomic E-state index is 12.2. The molecule has 0 spiro atoms. The van der Waals surface area contributed by atoms with E-state index in [1.807, 2.05) is 43.3 Å². The Labute approximate surface area is 140 Å². The molecular weight excluding hydrogens is 314 g/mol. The van der Waals surface area contributed by atoms with Crippen LogP contribution >= 0.6 is 11.6 Å². The van der Waals surface area contributed by atoms with Crippen LogP contribution in [0.4, 0.5) is 5.69 Å². The van der Waals surface area contributed by atoms with Crippen molar-refractivity contribution in [2.75, 3.05) is 19.0 Å². The van der Waals surface area contributed by atoms with E-state index < -0.39 is 0 Å². The number of aliphatic hydroxyl groups excluding tert-OH is 1. The number of aromatic hydroxyl groups is 1. The molecule has 4 nitrogen and oxygen atoms in total. The molecule has 0 bridgehead atoms. The minimum Gasteiger partial charge on any atom is -0.507 e. The predicted octanol–water partition coefficient (Wildman–Crippen LogP) is 3.50. The van der Waals surface area contributed by atoms with E-state index in [0.29, 0.717) is 5.02 Å². The van der Waals surface area contributed by atoms with Gasteiger partial charge in [0.15, 0.2) is 5.78 Å². The molecule has 0 radical (unpaired) electrons. The molecule has 0 fully saturated rings. The Morgan fingerprint density at radius 3 is 2.43 bits per heavy atom. The summed E-state index contributed by atoms with van der Waals surface area (Å²) in [5.74, 6) is -0.620. The normalized spacial score (nSPS) is 11.0. The van der Waals surface area contributed by atoms with Gasteiger partial charge in [-0.1, -0.05) is 29.8 Å². The SMILES string of the molecule is CN(C)c1ccc(/C=C/C(=O)c2cc(Cl)cc(CO)c2O)cc1. The van der Waals surface area contributed by atoms with E-state index in [1.165, 1.54) is 18.2 Å². The second-order valence-corrected chi connectivity index (χ2v) is 5.74. The van der Waals surface area contributed by atoms with Crippen LogP contribution in [-0.4, -0.2) is 30.1 Å². The number of carbonyl (C=O) groups excluding carboxylic acids is 1. The van der Waals surface area contributed by atoms with Crippen LogP contribution in [0.25, 0.3) is 6.08 Å². The maximum Gasteiger partial charge on any atom is 0.189 e. The molecule has 0 amide bonds. The Morgan fingerprint density at radius 2 is 1.87 bits per heavy atom. The summed E-state index contributed by atoms with van der Waals surface area (Å²) in [5.41, 5.74) is 2.23. The number of carbonyl (C=O) groups is 1. The summed E-state index contributed by atoms with van der Waals surface area (Å²) in [7, 11) is 3.91. The minimum atomic E-state index is -0.387. The number of anilines is 1. The molecule has 23 heavy (non-hydrogen) atoms. The van der Waals surface area contributed by atoms with Gasteiger partial charge in [-0.3, -0.25) is 4.79 Å². The molecule has 2 aromatic carbocycles. The molecule has 0 unspecified atom stereocenters. The van der Waals surface area contributed by atoms with Crippen molar-refractivity contribution in [3.05, 3.63) is 64.2 Å². The van der Waals surface area contributed by atoms with Crippen molar-refractivity contribution in [2.24, 2.45) is 0 Å². The number of nitrogens with zero attached hydrogens (tertiary/aromatic N) is 1. The average molecular weight is 332 g/mol. The molecule has 0 aromatic heterocycles. The fraction of sp³-hybridized carbons (Fsp3) is 0.167. The lowest BCUT2D eigenvalue weighted by Gasteiger charge is -2.11. The highest BCUT2D eigenvalue weighted by molar-refractivity contribution is 6.31. The van der Waals surface area contributed by atoms with Crippen LogP contribution in [0.1, 0.15) is 21.5 Å². The first kappa shape index (κ1) is 17.1. The van der Waals surface area contributed by atoms with Gasteiger partial charge >= 0.3 is 0 Å². The molecule has 5 heteroatoms. The summed E-state index contributed by atoms with van der Waals surface area (Å²) >= 11 is 5.91. The van der Waals surface area contributed by atoms with Crippen LogP contribution in [0.2, 0.25) is 5.02 Å². The Hall–Kier alpha value is -2.30. The zero-order chi connectivity index (χ0) is 17.0. The van der Waals surface area contributed by atoms with Gasteiger partial charge in [0.25, 0.3) is 0 Å². The van der Waals surface area contributed by atoms with Gasteiger partial charge in [-0.25, -0.2) is 0 Å². The third-order valence-electron chi connectivity index (χ3n) is 3.43. The number of rotatable bonds is 5. The van der Waals surface area contributed by atoms with Gasteiger partial charge in [0.2, 0.25) is 0 Å². The van der Waals surface area contributed by atoms with Crippen molar-refractivity contribution in [3.63, 3.8) is 0 Å². The van der Waals surface area contributed by atoms with Crippen LogP contribution in [0.15, 0.2) is 42.5 Å². The minimum absolute atomic E-state index is 0.0720. The first-order valence-electron chi connectivity index (χ1n) is 7.04. The van der Waals surface area contributed by atoms with Crippen molar-refractivity contribution in [1.82, 2.24) is 0 Å². The first-order chi connectivity index (χ1) is 10.9. The number of ketones is 1. The molecule has 120 valence electrons. The van der Waals surface area contributed by atoms with Crippen LogP contribution in [0.3, 0.4) is 0 Å². The van der Waals surface area contributed by atoms with E-state index in [4.69, 9.17) is 11.6 Å². The van der Waals surface area contributed by atoms with E-state index in [1.54, 1.807) is 6.08 Å². The smallest absolute Gasteiger partial charge is 0.189 e. The third kappa shape index (κ3) is 4.12. The maximum atomic E-state index is 12.2.